The second-order valence-corrected chi connectivity index (χ2v) is 5.51. The van der Waals surface area contributed by atoms with Gasteiger partial charge in [0.2, 0.25) is 5.91 Å². The minimum absolute atomic E-state index is 0.0804. The van der Waals surface area contributed by atoms with Crippen LogP contribution in [0, 0.1) is 0 Å². The van der Waals surface area contributed by atoms with Crippen molar-refractivity contribution in [2.24, 2.45) is 5.73 Å². The lowest BCUT2D eigenvalue weighted by atomic mass is 10.1. The van der Waals surface area contributed by atoms with Crippen LogP contribution < -0.4 is 5.73 Å². The topological polar surface area (TPSA) is 104 Å². The normalized spacial score (nSPS) is 17.9. The van der Waals surface area contributed by atoms with Crippen molar-refractivity contribution in [2.45, 2.75) is 24.7 Å². The second kappa shape index (κ2) is 3.95. The van der Waals surface area contributed by atoms with E-state index in [1.807, 2.05) is 0 Å². The molecule has 0 aliphatic heterocycles. The smallest absolute Gasteiger partial charge is 0.293 e. The van der Waals surface area contributed by atoms with Crippen LogP contribution in [0.4, 0.5) is 0 Å². The van der Waals surface area contributed by atoms with E-state index < -0.39 is 26.6 Å². The lowest BCUT2D eigenvalue weighted by Crippen LogP contribution is -2.55. The summed E-state index contributed by atoms with van der Waals surface area (Å²) < 4.78 is 25.2. The molecule has 0 heterocycles. The zero-order valence-electron chi connectivity index (χ0n) is 8.18. The second-order valence-electron chi connectivity index (χ2n) is 3.12. The van der Waals surface area contributed by atoms with E-state index in [0.717, 1.165) is 13.2 Å². The van der Waals surface area contributed by atoms with Crippen molar-refractivity contribution in [3.8, 4) is 0 Å². The Morgan fingerprint density at radius 2 is 2.00 bits per heavy atom. The molecular weight excluding hydrogens is 210 g/mol. The summed E-state index contributed by atoms with van der Waals surface area (Å²) in [7, 11) is -3.74. The number of hydrogen-bond acceptors (Lipinski definition) is 5. The summed E-state index contributed by atoms with van der Waals surface area (Å²) in [4.78, 5) is 21.1. The zero-order valence-corrected chi connectivity index (χ0v) is 9.00. The third kappa shape index (κ3) is 2.03. The molecule has 1 amide bonds. The summed E-state index contributed by atoms with van der Waals surface area (Å²) in [5, 5.41) is 0. The van der Waals surface area contributed by atoms with Crippen molar-refractivity contribution in [1.82, 2.24) is 0 Å². The minimum Gasteiger partial charge on any atom is -0.463 e. The molecule has 0 bridgehead atoms. The molecule has 7 heteroatoms. The van der Waals surface area contributed by atoms with Crippen LogP contribution in [0.1, 0.15) is 13.8 Å². The Labute approximate surface area is 82.3 Å². The van der Waals surface area contributed by atoms with Crippen LogP contribution in [0.25, 0.3) is 0 Å². The van der Waals surface area contributed by atoms with Gasteiger partial charge in [0, 0.05) is 6.26 Å². The first-order valence-corrected chi connectivity index (χ1v) is 5.65. The molecule has 2 atom stereocenters. The van der Waals surface area contributed by atoms with Crippen LogP contribution in [-0.4, -0.2) is 37.9 Å². The monoisotopic (exact) mass is 223 g/mol. The first kappa shape index (κ1) is 12.9. The highest BCUT2D eigenvalue weighted by Gasteiger charge is 2.48. The lowest BCUT2D eigenvalue weighted by Gasteiger charge is -2.28. The highest BCUT2D eigenvalue weighted by molar-refractivity contribution is 7.92. The molecular formula is C7H13NO5S. The van der Waals surface area contributed by atoms with E-state index in [1.54, 1.807) is 0 Å². The largest absolute Gasteiger partial charge is 0.463 e. The average Bonchev–Trinajstić information content (AvgIpc) is 2.00. The lowest BCUT2D eigenvalue weighted by molar-refractivity contribution is -0.136. The summed E-state index contributed by atoms with van der Waals surface area (Å²) >= 11 is 0. The van der Waals surface area contributed by atoms with E-state index >= 15 is 0 Å². The molecule has 0 spiro atoms. The Hall–Kier alpha value is -1.11. The van der Waals surface area contributed by atoms with Gasteiger partial charge in [-0.2, -0.15) is 0 Å². The Bertz CT molecular complexity index is 336. The van der Waals surface area contributed by atoms with Gasteiger partial charge in [-0.25, -0.2) is 8.42 Å². The van der Waals surface area contributed by atoms with E-state index in [-0.39, 0.29) is 6.47 Å². The van der Waals surface area contributed by atoms with Crippen LogP contribution in [0.15, 0.2) is 0 Å². The highest BCUT2D eigenvalue weighted by Crippen LogP contribution is 2.22. The maximum Gasteiger partial charge on any atom is 0.293 e. The molecule has 0 aromatic rings. The molecule has 0 rings (SSSR count). The van der Waals surface area contributed by atoms with E-state index in [1.165, 1.54) is 6.92 Å². The molecule has 0 fully saturated rings. The van der Waals surface area contributed by atoms with Crippen LogP contribution in [0.2, 0.25) is 0 Å². The van der Waals surface area contributed by atoms with Gasteiger partial charge in [0.15, 0.2) is 14.6 Å². The van der Waals surface area contributed by atoms with Gasteiger partial charge in [0.1, 0.15) is 6.10 Å². The van der Waals surface area contributed by atoms with Gasteiger partial charge < -0.3 is 10.5 Å². The van der Waals surface area contributed by atoms with Gasteiger partial charge in [-0.15, -0.1) is 0 Å². The van der Waals surface area contributed by atoms with Crippen molar-refractivity contribution in [2.75, 3.05) is 6.26 Å². The fourth-order valence-corrected chi connectivity index (χ4v) is 1.92. The van der Waals surface area contributed by atoms with Gasteiger partial charge >= 0.3 is 0 Å². The molecule has 0 aliphatic rings. The molecule has 0 aromatic carbocycles. The summed E-state index contributed by atoms with van der Waals surface area (Å²) in [6.45, 7) is 2.50. The molecule has 2 unspecified atom stereocenters. The standard InChI is InChI=1S/C7H13NO5S/c1-5(13-4-9)7(2,6(8)10)14(3,11)12/h4-5H,1-3H3,(H2,8,10). The Balaban J connectivity index is 5.33. The van der Waals surface area contributed by atoms with Crippen molar-refractivity contribution in [1.29, 1.82) is 0 Å². The molecule has 2 N–H and O–H groups in total. The fourth-order valence-electron chi connectivity index (χ4n) is 0.898. The number of amides is 1. The zero-order chi connectivity index (χ0) is 11.6. The minimum atomic E-state index is -3.74. The van der Waals surface area contributed by atoms with Crippen molar-refractivity contribution in [3.05, 3.63) is 0 Å². The predicted molar refractivity (Wildman–Crippen MR) is 49.1 cm³/mol. The number of sulfone groups is 1. The Kier molecular flexibility index (Phi) is 3.64. The summed E-state index contributed by atoms with van der Waals surface area (Å²) in [5.41, 5.74) is 4.97. The third-order valence-corrected chi connectivity index (χ3v) is 4.37. The molecule has 0 radical (unpaired) electrons. The molecule has 0 aliphatic carbocycles. The SMILES string of the molecule is CC(OC=O)C(C)(C(N)=O)S(C)(=O)=O. The number of hydrogen-bond donors (Lipinski definition) is 1. The quantitative estimate of drug-likeness (QED) is 0.592. The van der Waals surface area contributed by atoms with E-state index in [9.17, 15) is 18.0 Å². The molecule has 0 saturated carbocycles. The van der Waals surface area contributed by atoms with Crippen molar-refractivity contribution < 1.29 is 22.7 Å². The van der Waals surface area contributed by atoms with Gasteiger partial charge in [-0.05, 0) is 13.8 Å². The average molecular weight is 223 g/mol. The first-order chi connectivity index (χ1) is 6.17. The van der Waals surface area contributed by atoms with Crippen LogP contribution in [0.3, 0.4) is 0 Å². The molecule has 82 valence electrons. The Morgan fingerprint density at radius 3 is 2.21 bits per heavy atom. The molecule has 0 saturated heterocycles. The van der Waals surface area contributed by atoms with E-state index in [0.29, 0.717) is 0 Å². The molecule has 6 nitrogen and oxygen atoms in total. The van der Waals surface area contributed by atoms with Gasteiger partial charge in [-0.1, -0.05) is 0 Å². The summed E-state index contributed by atoms with van der Waals surface area (Å²) in [5.74, 6) is -1.05. The third-order valence-electron chi connectivity index (χ3n) is 2.29. The number of rotatable bonds is 5. The van der Waals surface area contributed by atoms with Gasteiger partial charge in [0.05, 0.1) is 0 Å². The van der Waals surface area contributed by atoms with Gasteiger partial charge in [0.25, 0.3) is 6.47 Å². The van der Waals surface area contributed by atoms with Crippen molar-refractivity contribution in [3.63, 3.8) is 0 Å². The van der Waals surface area contributed by atoms with E-state index in [4.69, 9.17) is 5.73 Å². The number of nitrogens with two attached hydrogens (primary N) is 1. The Morgan fingerprint density at radius 1 is 1.57 bits per heavy atom. The summed E-state index contributed by atoms with van der Waals surface area (Å²) in [6, 6.07) is 0. The highest BCUT2D eigenvalue weighted by atomic mass is 32.2. The van der Waals surface area contributed by atoms with Gasteiger partial charge in [-0.3, -0.25) is 9.59 Å². The molecule has 14 heavy (non-hydrogen) atoms. The maximum absolute atomic E-state index is 11.3. The van der Waals surface area contributed by atoms with E-state index in [2.05, 4.69) is 4.74 Å². The maximum atomic E-state index is 11.3. The predicted octanol–water partition coefficient (Wildman–Crippen LogP) is -1.16. The first-order valence-electron chi connectivity index (χ1n) is 3.76. The van der Waals surface area contributed by atoms with Crippen LogP contribution in [0.5, 0.6) is 0 Å². The number of ether oxygens (including phenoxy) is 1. The van der Waals surface area contributed by atoms with Crippen molar-refractivity contribution >= 4 is 22.2 Å². The van der Waals surface area contributed by atoms with Crippen LogP contribution >= 0.6 is 0 Å². The molecule has 0 aromatic heterocycles. The number of primary amides is 1. The number of carbonyl (C=O) groups is 2. The van der Waals surface area contributed by atoms with Crippen LogP contribution in [-0.2, 0) is 24.2 Å². The number of carbonyl (C=O) groups excluding carboxylic acids is 2. The summed E-state index contributed by atoms with van der Waals surface area (Å²) in [6.07, 6.45) is -0.255. The fraction of sp³-hybridized carbons (Fsp3) is 0.714.